The molecule has 3 nitrogen and oxygen atoms in total. The van der Waals surface area contributed by atoms with Gasteiger partial charge in [0.05, 0.1) is 29.2 Å². The van der Waals surface area contributed by atoms with Crippen LogP contribution < -0.4 is 9.47 Å². The fraction of sp³-hybridized carbons (Fsp3) is 0.188. The van der Waals surface area contributed by atoms with Gasteiger partial charge < -0.3 is 9.47 Å². The molecule has 1 atom stereocenters. The third-order valence-corrected chi connectivity index (χ3v) is 3.98. The molecule has 1 unspecified atom stereocenters. The van der Waals surface area contributed by atoms with E-state index in [4.69, 9.17) is 9.47 Å². The van der Waals surface area contributed by atoms with E-state index < -0.39 is 0 Å². The van der Waals surface area contributed by atoms with Gasteiger partial charge in [-0.1, -0.05) is 24.3 Å². The first kappa shape index (κ1) is 13.2. The van der Waals surface area contributed by atoms with Gasteiger partial charge in [0, 0.05) is 5.56 Å². The van der Waals surface area contributed by atoms with Crippen LogP contribution in [0.15, 0.2) is 46.9 Å². The standard InChI is InChI=1S/C16H13BrO3/c17-14-6-3-4-11(8-18)16(14)20-10-12-9-19-15-7-2-1-5-13(12)15/h1-8,12H,9-10H2. The molecule has 3 rings (SSSR count). The molecule has 0 saturated carbocycles. The van der Waals surface area contributed by atoms with Crippen LogP contribution in [0.2, 0.25) is 0 Å². The highest BCUT2D eigenvalue weighted by Gasteiger charge is 2.24. The molecule has 4 heteroatoms. The van der Waals surface area contributed by atoms with Crippen LogP contribution >= 0.6 is 15.9 Å². The second kappa shape index (κ2) is 5.67. The van der Waals surface area contributed by atoms with Gasteiger partial charge in [-0.05, 0) is 34.1 Å². The average Bonchev–Trinajstić information content (AvgIpc) is 2.89. The van der Waals surface area contributed by atoms with E-state index in [-0.39, 0.29) is 5.92 Å². The number of rotatable bonds is 4. The highest BCUT2D eigenvalue weighted by molar-refractivity contribution is 9.10. The Balaban J connectivity index is 1.77. The number of para-hydroxylation sites is 2. The molecule has 0 saturated heterocycles. The molecule has 102 valence electrons. The summed E-state index contributed by atoms with van der Waals surface area (Å²) in [5.41, 5.74) is 1.71. The zero-order valence-electron chi connectivity index (χ0n) is 10.7. The summed E-state index contributed by atoms with van der Waals surface area (Å²) >= 11 is 3.41. The van der Waals surface area contributed by atoms with Gasteiger partial charge in [-0.15, -0.1) is 0 Å². The summed E-state index contributed by atoms with van der Waals surface area (Å²) in [5.74, 6) is 1.70. The van der Waals surface area contributed by atoms with Crippen molar-refractivity contribution in [2.24, 2.45) is 0 Å². The Morgan fingerprint density at radius 2 is 2.10 bits per heavy atom. The van der Waals surface area contributed by atoms with E-state index in [9.17, 15) is 4.79 Å². The molecule has 1 aliphatic heterocycles. The number of carbonyl (C=O) groups excluding carboxylic acids is 1. The fourth-order valence-corrected chi connectivity index (χ4v) is 2.82. The molecule has 0 fully saturated rings. The Bertz CT molecular complexity index is 639. The first-order chi connectivity index (χ1) is 9.79. The maximum atomic E-state index is 11.0. The third-order valence-electron chi connectivity index (χ3n) is 3.35. The molecule has 1 aliphatic rings. The lowest BCUT2D eigenvalue weighted by atomic mass is 10.0. The van der Waals surface area contributed by atoms with Gasteiger partial charge in [0.2, 0.25) is 0 Å². The minimum Gasteiger partial charge on any atom is -0.493 e. The van der Waals surface area contributed by atoms with Crippen molar-refractivity contribution in [2.75, 3.05) is 13.2 Å². The number of fused-ring (bicyclic) bond motifs is 1. The van der Waals surface area contributed by atoms with Crippen molar-refractivity contribution in [1.29, 1.82) is 0 Å². The predicted molar refractivity (Wildman–Crippen MR) is 79.7 cm³/mol. The van der Waals surface area contributed by atoms with Crippen molar-refractivity contribution in [3.05, 3.63) is 58.1 Å². The van der Waals surface area contributed by atoms with Crippen molar-refractivity contribution in [3.63, 3.8) is 0 Å². The molecule has 0 spiro atoms. The lowest BCUT2D eigenvalue weighted by Gasteiger charge is -2.14. The number of aldehydes is 1. The van der Waals surface area contributed by atoms with Crippen molar-refractivity contribution in [2.45, 2.75) is 5.92 Å². The smallest absolute Gasteiger partial charge is 0.153 e. The van der Waals surface area contributed by atoms with Crippen molar-refractivity contribution in [3.8, 4) is 11.5 Å². The molecule has 0 radical (unpaired) electrons. The van der Waals surface area contributed by atoms with Crippen molar-refractivity contribution >= 4 is 22.2 Å². The number of benzene rings is 2. The molecule has 0 bridgehead atoms. The number of halogens is 1. The second-order valence-corrected chi connectivity index (χ2v) is 5.49. The number of hydrogen-bond donors (Lipinski definition) is 0. The van der Waals surface area contributed by atoms with Gasteiger partial charge in [-0.3, -0.25) is 4.79 Å². The molecule has 1 heterocycles. The van der Waals surface area contributed by atoms with Gasteiger partial charge >= 0.3 is 0 Å². The van der Waals surface area contributed by atoms with E-state index >= 15 is 0 Å². The Morgan fingerprint density at radius 3 is 2.95 bits per heavy atom. The first-order valence-corrected chi connectivity index (χ1v) is 7.17. The summed E-state index contributed by atoms with van der Waals surface area (Å²) in [6.07, 6.45) is 0.805. The van der Waals surface area contributed by atoms with Gasteiger partial charge in [0.1, 0.15) is 11.5 Å². The van der Waals surface area contributed by atoms with Gasteiger partial charge in [0.15, 0.2) is 6.29 Å². The van der Waals surface area contributed by atoms with Gasteiger partial charge in [-0.2, -0.15) is 0 Å². The van der Waals surface area contributed by atoms with E-state index in [0.29, 0.717) is 24.5 Å². The highest BCUT2D eigenvalue weighted by Crippen LogP contribution is 2.35. The Kier molecular flexibility index (Phi) is 3.74. The quantitative estimate of drug-likeness (QED) is 0.798. The third kappa shape index (κ3) is 2.43. The van der Waals surface area contributed by atoms with E-state index in [0.717, 1.165) is 22.1 Å². The first-order valence-electron chi connectivity index (χ1n) is 6.38. The summed E-state index contributed by atoms with van der Waals surface area (Å²) < 4.78 is 12.3. The number of ether oxygens (including phenoxy) is 2. The summed E-state index contributed by atoms with van der Waals surface area (Å²) in [7, 11) is 0. The van der Waals surface area contributed by atoms with Gasteiger partial charge in [0.25, 0.3) is 0 Å². The zero-order valence-corrected chi connectivity index (χ0v) is 12.3. The highest BCUT2D eigenvalue weighted by atomic mass is 79.9. The average molecular weight is 333 g/mol. The molecule has 0 N–H and O–H groups in total. The lowest BCUT2D eigenvalue weighted by molar-refractivity contribution is 0.111. The van der Waals surface area contributed by atoms with Crippen LogP contribution in [0, 0.1) is 0 Å². The summed E-state index contributed by atoms with van der Waals surface area (Å²) in [6.45, 7) is 1.10. The van der Waals surface area contributed by atoms with Crippen LogP contribution in [-0.4, -0.2) is 19.5 Å². The Morgan fingerprint density at radius 1 is 1.25 bits per heavy atom. The Hall–Kier alpha value is -1.81. The topological polar surface area (TPSA) is 35.5 Å². The molecule has 0 aromatic heterocycles. The van der Waals surface area contributed by atoms with Crippen LogP contribution in [0.5, 0.6) is 11.5 Å². The molecule has 20 heavy (non-hydrogen) atoms. The molecular formula is C16H13BrO3. The Labute approximate surface area is 125 Å². The second-order valence-electron chi connectivity index (χ2n) is 4.63. The number of carbonyl (C=O) groups is 1. The minimum atomic E-state index is 0.192. The maximum Gasteiger partial charge on any atom is 0.153 e. The number of hydrogen-bond acceptors (Lipinski definition) is 3. The van der Waals surface area contributed by atoms with E-state index in [2.05, 4.69) is 22.0 Å². The van der Waals surface area contributed by atoms with Crippen LogP contribution in [0.4, 0.5) is 0 Å². The summed E-state index contributed by atoms with van der Waals surface area (Å²) in [4.78, 5) is 11.0. The summed E-state index contributed by atoms with van der Waals surface area (Å²) in [6, 6.07) is 13.4. The van der Waals surface area contributed by atoms with E-state index in [1.54, 1.807) is 6.07 Å². The summed E-state index contributed by atoms with van der Waals surface area (Å²) in [5, 5.41) is 0. The largest absolute Gasteiger partial charge is 0.493 e. The molecule has 0 amide bonds. The molecule has 2 aromatic rings. The molecule has 0 aliphatic carbocycles. The predicted octanol–water partition coefficient (Wildman–Crippen LogP) is 3.82. The van der Waals surface area contributed by atoms with Crippen LogP contribution in [0.3, 0.4) is 0 Å². The lowest BCUT2D eigenvalue weighted by Crippen LogP contribution is -2.12. The van der Waals surface area contributed by atoms with Gasteiger partial charge in [-0.25, -0.2) is 0 Å². The van der Waals surface area contributed by atoms with Crippen molar-refractivity contribution < 1.29 is 14.3 Å². The SMILES string of the molecule is O=Cc1cccc(Br)c1OCC1COc2ccccc21. The van der Waals surface area contributed by atoms with Crippen LogP contribution in [0.25, 0.3) is 0 Å². The molecule has 2 aromatic carbocycles. The van der Waals surface area contributed by atoms with E-state index in [1.165, 1.54) is 0 Å². The normalized spacial score (nSPS) is 16.4. The maximum absolute atomic E-state index is 11.0. The minimum absolute atomic E-state index is 0.192. The van der Waals surface area contributed by atoms with E-state index in [1.807, 2.05) is 30.3 Å². The fourth-order valence-electron chi connectivity index (χ4n) is 2.32. The van der Waals surface area contributed by atoms with Crippen LogP contribution in [0.1, 0.15) is 21.8 Å². The van der Waals surface area contributed by atoms with Crippen LogP contribution in [-0.2, 0) is 0 Å². The monoisotopic (exact) mass is 332 g/mol. The molecular weight excluding hydrogens is 320 g/mol. The zero-order chi connectivity index (χ0) is 13.9. The van der Waals surface area contributed by atoms with Crippen molar-refractivity contribution in [1.82, 2.24) is 0 Å².